The van der Waals surface area contributed by atoms with Gasteiger partial charge in [-0.05, 0) is 55.6 Å². The fourth-order valence-corrected chi connectivity index (χ4v) is 2.14. The quantitative estimate of drug-likeness (QED) is 0.874. The Bertz CT molecular complexity index is 503. The molecular formula is C12H10Br2O3. The molecule has 90 valence electrons. The number of phenolic OH excluding ortho intramolecular Hbond substituents is 1. The SMILES string of the molecule is Oc1cccc(CC(O)c2cc(Br)c(Br)o2)c1. The van der Waals surface area contributed by atoms with E-state index in [1.54, 1.807) is 24.3 Å². The van der Waals surface area contributed by atoms with Crippen molar-refractivity contribution in [2.75, 3.05) is 0 Å². The molecule has 1 heterocycles. The van der Waals surface area contributed by atoms with Crippen LogP contribution in [0.15, 0.2) is 43.9 Å². The minimum atomic E-state index is -0.737. The van der Waals surface area contributed by atoms with E-state index in [2.05, 4.69) is 31.9 Å². The van der Waals surface area contributed by atoms with Gasteiger partial charge in [-0.3, -0.25) is 0 Å². The van der Waals surface area contributed by atoms with E-state index in [0.29, 0.717) is 16.9 Å². The van der Waals surface area contributed by atoms with Gasteiger partial charge in [0.1, 0.15) is 17.6 Å². The van der Waals surface area contributed by atoms with Gasteiger partial charge in [-0.1, -0.05) is 12.1 Å². The second kappa shape index (κ2) is 5.25. The first-order valence-electron chi connectivity index (χ1n) is 4.97. The largest absolute Gasteiger partial charge is 0.508 e. The van der Waals surface area contributed by atoms with Crippen LogP contribution in [0.3, 0.4) is 0 Å². The summed E-state index contributed by atoms with van der Waals surface area (Å²) in [5.41, 5.74) is 0.848. The molecule has 0 spiro atoms. The number of aromatic hydroxyl groups is 1. The van der Waals surface area contributed by atoms with Gasteiger partial charge in [0.25, 0.3) is 0 Å². The van der Waals surface area contributed by atoms with Crippen LogP contribution in [0.2, 0.25) is 0 Å². The van der Waals surface area contributed by atoms with Gasteiger partial charge in [0, 0.05) is 6.42 Å². The average Bonchev–Trinajstić information content (AvgIpc) is 2.59. The predicted octanol–water partition coefficient (Wildman–Crippen LogP) is 3.79. The Hall–Kier alpha value is -0.780. The summed E-state index contributed by atoms with van der Waals surface area (Å²) in [6.45, 7) is 0. The summed E-state index contributed by atoms with van der Waals surface area (Å²) in [5.74, 6) is 0.670. The summed E-state index contributed by atoms with van der Waals surface area (Å²) in [6, 6.07) is 8.52. The summed E-state index contributed by atoms with van der Waals surface area (Å²) < 4.78 is 6.66. The van der Waals surface area contributed by atoms with E-state index < -0.39 is 6.10 Å². The van der Waals surface area contributed by atoms with Crippen molar-refractivity contribution >= 4 is 31.9 Å². The number of halogens is 2. The Morgan fingerprint density at radius 3 is 2.59 bits per heavy atom. The predicted molar refractivity (Wildman–Crippen MR) is 70.9 cm³/mol. The smallest absolute Gasteiger partial charge is 0.183 e. The van der Waals surface area contributed by atoms with Crippen molar-refractivity contribution in [2.24, 2.45) is 0 Å². The number of phenols is 1. The van der Waals surface area contributed by atoms with Crippen LogP contribution in [0.1, 0.15) is 17.4 Å². The van der Waals surface area contributed by atoms with Crippen LogP contribution in [0.25, 0.3) is 0 Å². The maximum atomic E-state index is 9.99. The molecule has 0 fully saturated rings. The second-order valence-electron chi connectivity index (χ2n) is 3.66. The Kier molecular flexibility index (Phi) is 3.91. The van der Waals surface area contributed by atoms with Gasteiger partial charge in [-0.25, -0.2) is 0 Å². The average molecular weight is 362 g/mol. The molecule has 5 heteroatoms. The van der Waals surface area contributed by atoms with Gasteiger partial charge in [-0.2, -0.15) is 0 Å². The van der Waals surface area contributed by atoms with Crippen molar-refractivity contribution in [2.45, 2.75) is 12.5 Å². The van der Waals surface area contributed by atoms with Gasteiger partial charge >= 0.3 is 0 Å². The monoisotopic (exact) mass is 360 g/mol. The molecule has 0 aliphatic carbocycles. The first-order chi connectivity index (χ1) is 8.06. The number of hydrogen-bond donors (Lipinski definition) is 2. The third-order valence-electron chi connectivity index (χ3n) is 2.33. The molecule has 1 atom stereocenters. The summed E-state index contributed by atoms with van der Waals surface area (Å²) in [5, 5.41) is 19.3. The molecule has 2 rings (SSSR count). The van der Waals surface area contributed by atoms with E-state index in [1.165, 1.54) is 0 Å². The van der Waals surface area contributed by atoms with Crippen LogP contribution in [-0.4, -0.2) is 10.2 Å². The lowest BCUT2D eigenvalue weighted by atomic mass is 10.1. The Morgan fingerprint density at radius 1 is 1.24 bits per heavy atom. The van der Waals surface area contributed by atoms with Crippen molar-refractivity contribution in [1.29, 1.82) is 0 Å². The van der Waals surface area contributed by atoms with Crippen LogP contribution < -0.4 is 0 Å². The summed E-state index contributed by atoms with van der Waals surface area (Å²) in [4.78, 5) is 0. The highest BCUT2D eigenvalue weighted by molar-refractivity contribution is 9.13. The first kappa shape index (κ1) is 12.7. The second-order valence-corrected chi connectivity index (χ2v) is 5.23. The molecular weight excluding hydrogens is 352 g/mol. The highest BCUT2D eigenvalue weighted by atomic mass is 79.9. The van der Waals surface area contributed by atoms with Crippen molar-refractivity contribution in [3.05, 3.63) is 50.8 Å². The molecule has 0 aliphatic heterocycles. The summed E-state index contributed by atoms with van der Waals surface area (Å²) in [7, 11) is 0. The topological polar surface area (TPSA) is 53.6 Å². The first-order valence-corrected chi connectivity index (χ1v) is 6.55. The van der Waals surface area contributed by atoms with Gasteiger partial charge in [0.15, 0.2) is 4.67 Å². The molecule has 1 aromatic carbocycles. The van der Waals surface area contributed by atoms with E-state index in [0.717, 1.165) is 10.0 Å². The Labute approximate surface area is 115 Å². The fraction of sp³-hybridized carbons (Fsp3) is 0.167. The van der Waals surface area contributed by atoms with Crippen LogP contribution in [0.4, 0.5) is 0 Å². The minimum Gasteiger partial charge on any atom is -0.508 e. The fourth-order valence-electron chi connectivity index (χ4n) is 1.53. The number of hydrogen-bond acceptors (Lipinski definition) is 3. The van der Waals surface area contributed by atoms with Crippen LogP contribution in [0.5, 0.6) is 5.75 Å². The maximum absolute atomic E-state index is 9.99. The summed E-state index contributed by atoms with van der Waals surface area (Å²) in [6.07, 6.45) is -0.347. The number of aliphatic hydroxyl groups excluding tert-OH is 1. The molecule has 0 saturated carbocycles. The van der Waals surface area contributed by atoms with Crippen molar-refractivity contribution < 1.29 is 14.6 Å². The van der Waals surface area contributed by atoms with E-state index in [1.807, 2.05) is 6.07 Å². The van der Waals surface area contributed by atoms with Gasteiger partial charge < -0.3 is 14.6 Å². The lowest BCUT2D eigenvalue weighted by Gasteiger charge is -2.07. The number of furan rings is 1. The van der Waals surface area contributed by atoms with Crippen molar-refractivity contribution in [1.82, 2.24) is 0 Å². The number of benzene rings is 1. The minimum absolute atomic E-state index is 0.191. The molecule has 0 radical (unpaired) electrons. The van der Waals surface area contributed by atoms with Gasteiger partial charge in [0.05, 0.1) is 4.47 Å². The Morgan fingerprint density at radius 2 is 2.00 bits per heavy atom. The molecule has 3 nitrogen and oxygen atoms in total. The molecule has 0 saturated heterocycles. The molecule has 2 aromatic rings. The maximum Gasteiger partial charge on any atom is 0.183 e. The van der Waals surface area contributed by atoms with Gasteiger partial charge in [0.2, 0.25) is 0 Å². The molecule has 1 unspecified atom stereocenters. The van der Waals surface area contributed by atoms with Crippen LogP contribution >= 0.6 is 31.9 Å². The third-order valence-corrected chi connectivity index (χ3v) is 4.04. The van der Waals surface area contributed by atoms with E-state index in [4.69, 9.17) is 4.42 Å². The van der Waals surface area contributed by atoms with E-state index >= 15 is 0 Å². The standard InChI is InChI=1S/C12H10Br2O3/c13-9-6-11(17-12(9)14)10(16)5-7-2-1-3-8(15)4-7/h1-4,6,10,15-16H,5H2. The van der Waals surface area contributed by atoms with Gasteiger partial charge in [-0.15, -0.1) is 0 Å². The highest BCUT2D eigenvalue weighted by Gasteiger charge is 2.15. The van der Waals surface area contributed by atoms with Crippen molar-refractivity contribution in [3.8, 4) is 5.75 Å². The molecule has 2 N–H and O–H groups in total. The van der Waals surface area contributed by atoms with Crippen LogP contribution in [0, 0.1) is 0 Å². The molecule has 17 heavy (non-hydrogen) atoms. The van der Waals surface area contributed by atoms with Crippen molar-refractivity contribution in [3.63, 3.8) is 0 Å². The Balaban J connectivity index is 2.14. The van der Waals surface area contributed by atoms with E-state index in [-0.39, 0.29) is 5.75 Å². The number of aliphatic hydroxyl groups is 1. The summed E-state index contributed by atoms with van der Waals surface area (Å²) >= 11 is 6.51. The number of rotatable bonds is 3. The zero-order valence-electron chi connectivity index (χ0n) is 8.73. The molecule has 0 aliphatic rings. The highest BCUT2D eigenvalue weighted by Crippen LogP contribution is 2.31. The van der Waals surface area contributed by atoms with E-state index in [9.17, 15) is 10.2 Å². The zero-order chi connectivity index (χ0) is 12.4. The zero-order valence-corrected chi connectivity index (χ0v) is 11.9. The molecule has 0 bridgehead atoms. The normalized spacial score (nSPS) is 12.6. The van der Waals surface area contributed by atoms with Crippen LogP contribution in [-0.2, 0) is 6.42 Å². The lowest BCUT2D eigenvalue weighted by molar-refractivity contribution is 0.148. The lowest BCUT2D eigenvalue weighted by Crippen LogP contribution is -2.00. The molecule has 0 amide bonds. The third kappa shape index (κ3) is 3.12. The molecule has 1 aromatic heterocycles.